The predicted molar refractivity (Wildman–Crippen MR) is 115 cm³/mol. The minimum atomic E-state index is -0.115. The SMILES string of the molecule is Cc1ccc(OCCN(C)C(=O)[C@@H]2CCC(=O)N(CCCN3CCOCC3)C2)cc1. The number of carbonyl (C=O) groups excluding carboxylic acids is 2. The van der Waals surface area contributed by atoms with Gasteiger partial charge in [0.15, 0.2) is 0 Å². The number of piperidine rings is 1. The summed E-state index contributed by atoms with van der Waals surface area (Å²) in [6, 6.07) is 7.91. The van der Waals surface area contributed by atoms with E-state index in [9.17, 15) is 9.59 Å². The van der Waals surface area contributed by atoms with Crippen molar-refractivity contribution in [2.24, 2.45) is 5.92 Å². The second-order valence-electron chi connectivity index (χ2n) is 8.30. The van der Waals surface area contributed by atoms with Crippen LogP contribution in [0.25, 0.3) is 0 Å². The highest BCUT2D eigenvalue weighted by molar-refractivity contribution is 5.83. The Hall–Kier alpha value is -2.12. The maximum Gasteiger partial charge on any atom is 0.227 e. The third kappa shape index (κ3) is 6.71. The van der Waals surface area contributed by atoms with Gasteiger partial charge in [0.05, 0.1) is 25.7 Å². The molecule has 2 fully saturated rings. The minimum absolute atomic E-state index is 0.105. The Morgan fingerprint density at radius 2 is 1.93 bits per heavy atom. The number of nitrogens with zero attached hydrogens (tertiary/aromatic N) is 3. The summed E-state index contributed by atoms with van der Waals surface area (Å²) in [7, 11) is 1.82. The highest BCUT2D eigenvalue weighted by Gasteiger charge is 2.31. The van der Waals surface area contributed by atoms with Crippen molar-refractivity contribution in [1.82, 2.24) is 14.7 Å². The van der Waals surface area contributed by atoms with E-state index in [1.807, 2.05) is 43.1 Å². The van der Waals surface area contributed by atoms with Gasteiger partial charge in [-0.1, -0.05) is 17.7 Å². The number of likely N-dealkylation sites (tertiary alicyclic amines) is 1. The fraction of sp³-hybridized carbons (Fsp3) is 0.652. The van der Waals surface area contributed by atoms with Crippen LogP contribution in [-0.4, -0.2) is 92.7 Å². The Morgan fingerprint density at radius 1 is 1.20 bits per heavy atom. The minimum Gasteiger partial charge on any atom is -0.492 e. The molecule has 2 aliphatic heterocycles. The summed E-state index contributed by atoms with van der Waals surface area (Å²) in [5.74, 6) is 0.978. The summed E-state index contributed by atoms with van der Waals surface area (Å²) in [6.07, 6.45) is 2.04. The number of rotatable bonds is 9. The quantitative estimate of drug-likeness (QED) is 0.613. The van der Waals surface area contributed by atoms with Gasteiger partial charge in [0.2, 0.25) is 11.8 Å². The lowest BCUT2D eigenvalue weighted by Gasteiger charge is -2.34. The maximum atomic E-state index is 12.9. The molecular formula is C23H35N3O4. The highest BCUT2D eigenvalue weighted by Crippen LogP contribution is 2.20. The van der Waals surface area contributed by atoms with E-state index < -0.39 is 0 Å². The van der Waals surface area contributed by atoms with Crippen LogP contribution in [0.15, 0.2) is 24.3 Å². The molecule has 3 rings (SSSR count). The zero-order valence-corrected chi connectivity index (χ0v) is 18.3. The van der Waals surface area contributed by atoms with Gasteiger partial charge in [-0.05, 0) is 31.9 Å². The topological polar surface area (TPSA) is 62.3 Å². The third-order valence-corrected chi connectivity index (χ3v) is 5.95. The Bertz CT molecular complexity index is 688. The molecule has 0 N–H and O–H groups in total. The maximum absolute atomic E-state index is 12.9. The van der Waals surface area contributed by atoms with Crippen LogP contribution in [0.2, 0.25) is 0 Å². The fourth-order valence-electron chi connectivity index (χ4n) is 4.00. The van der Waals surface area contributed by atoms with Gasteiger partial charge in [0.25, 0.3) is 0 Å². The van der Waals surface area contributed by atoms with E-state index in [4.69, 9.17) is 9.47 Å². The highest BCUT2D eigenvalue weighted by atomic mass is 16.5. The Labute approximate surface area is 179 Å². The zero-order valence-electron chi connectivity index (χ0n) is 18.3. The number of morpholine rings is 1. The van der Waals surface area contributed by atoms with Gasteiger partial charge in [-0.15, -0.1) is 0 Å². The average Bonchev–Trinajstić information content (AvgIpc) is 2.76. The molecule has 2 saturated heterocycles. The lowest BCUT2D eigenvalue weighted by Crippen LogP contribution is -2.47. The predicted octanol–water partition coefficient (Wildman–Crippen LogP) is 1.79. The summed E-state index contributed by atoms with van der Waals surface area (Å²) >= 11 is 0. The number of benzene rings is 1. The van der Waals surface area contributed by atoms with Crippen LogP contribution in [0.5, 0.6) is 5.75 Å². The first-order valence-electron chi connectivity index (χ1n) is 11.1. The summed E-state index contributed by atoms with van der Waals surface area (Å²) in [5, 5.41) is 0. The molecule has 2 aliphatic rings. The molecule has 1 atom stereocenters. The molecule has 1 aromatic carbocycles. The largest absolute Gasteiger partial charge is 0.492 e. The van der Waals surface area contributed by atoms with Crippen molar-refractivity contribution < 1.29 is 19.1 Å². The monoisotopic (exact) mass is 417 g/mol. The molecule has 1 aromatic rings. The Balaban J connectivity index is 1.39. The summed E-state index contributed by atoms with van der Waals surface area (Å²) < 4.78 is 11.1. The molecular weight excluding hydrogens is 382 g/mol. The van der Waals surface area contributed by atoms with Crippen LogP contribution < -0.4 is 4.74 Å². The van der Waals surface area contributed by atoms with Crippen LogP contribution >= 0.6 is 0 Å². The molecule has 30 heavy (non-hydrogen) atoms. The van der Waals surface area contributed by atoms with Crippen molar-refractivity contribution in [2.45, 2.75) is 26.2 Å². The summed E-state index contributed by atoms with van der Waals surface area (Å²) in [5.41, 5.74) is 1.19. The van der Waals surface area contributed by atoms with Crippen molar-refractivity contribution >= 4 is 11.8 Å². The van der Waals surface area contributed by atoms with Crippen molar-refractivity contribution in [1.29, 1.82) is 0 Å². The molecule has 2 amide bonds. The van der Waals surface area contributed by atoms with E-state index in [1.165, 1.54) is 5.56 Å². The van der Waals surface area contributed by atoms with Crippen molar-refractivity contribution in [3.63, 3.8) is 0 Å². The molecule has 0 unspecified atom stereocenters. The number of amides is 2. The molecule has 0 saturated carbocycles. The second-order valence-corrected chi connectivity index (χ2v) is 8.30. The molecule has 7 heteroatoms. The molecule has 0 bridgehead atoms. The molecule has 166 valence electrons. The number of hydrogen-bond acceptors (Lipinski definition) is 5. The molecule has 7 nitrogen and oxygen atoms in total. The van der Waals surface area contributed by atoms with E-state index in [1.54, 1.807) is 4.90 Å². The number of carbonyl (C=O) groups is 2. The zero-order chi connectivity index (χ0) is 21.3. The third-order valence-electron chi connectivity index (χ3n) is 5.95. The average molecular weight is 418 g/mol. The van der Waals surface area contributed by atoms with Crippen LogP contribution in [0, 0.1) is 12.8 Å². The lowest BCUT2D eigenvalue weighted by molar-refractivity contribution is -0.142. The molecule has 0 radical (unpaired) electrons. The summed E-state index contributed by atoms with van der Waals surface area (Å²) in [6.45, 7) is 8.77. The molecule has 0 aromatic heterocycles. The number of hydrogen-bond donors (Lipinski definition) is 0. The van der Waals surface area contributed by atoms with Gasteiger partial charge in [-0.3, -0.25) is 14.5 Å². The van der Waals surface area contributed by atoms with Gasteiger partial charge in [-0.25, -0.2) is 0 Å². The fourth-order valence-corrected chi connectivity index (χ4v) is 4.00. The first-order chi connectivity index (χ1) is 14.5. The normalized spacial score (nSPS) is 20.3. The van der Waals surface area contributed by atoms with Gasteiger partial charge in [0, 0.05) is 46.2 Å². The van der Waals surface area contributed by atoms with Crippen LogP contribution in [0.1, 0.15) is 24.8 Å². The number of likely N-dealkylation sites (N-methyl/N-ethyl adjacent to an activating group) is 1. The van der Waals surface area contributed by atoms with E-state index in [0.717, 1.165) is 51.6 Å². The summed E-state index contributed by atoms with van der Waals surface area (Å²) in [4.78, 5) is 31.2. The number of ether oxygens (including phenoxy) is 2. The molecule has 0 aliphatic carbocycles. The van der Waals surface area contributed by atoms with E-state index >= 15 is 0 Å². The van der Waals surface area contributed by atoms with E-state index in [0.29, 0.717) is 32.5 Å². The van der Waals surface area contributed by atoms with Crippen molar-refractivity contribution in [3.8, 4) is 5.75 Å². The van der Waals surface area contributed by atoms with E-state index in [2.05, 4.69) is 4.90 Å². The van der Waals surface area contributed by atoms with E-state index in [-0.39, 0.29) is 17.7 Å². The van der Waals surface area contributed by atoms with Crippen LogP contribution in [-0.2, 0) is 14.3 Å². The van der Waals surface area contributed by atoms with Gasteiger partial charge in [0.1, 0.15) is 12.4 Å². The first kappa shape index (κ1) is 22.6. The molecule has 0 spiro atoms. The van der Waals surface area contributed by atoms with Gasteiger partial charge in [-0.2, -0.15) is 0 Å². The standard InChI is InChI=1S/C23H35N3O4/c1-19-4-7-21(8-5-19)30-17-12-24(2)23(28)20-6-9-22(27)26(18-20)11-3-10-25-13-15-29-16-14-25/h4-5,7-8,20H,3,6,9-18H2,1-2H3/t20-/m1/s1. The first-order valence-corrected chi connectivity index (χ1v) is 11.1. The number of aryl methyl sites for hydroxylation is 1. The van der Waals surface area contributed by atoms with Crippen LogP contribution in [0.3, 0.4) is 0 Å². The van der Waals surface area contributed by atoms with Crippen LogP contribution in [0.4, 0.5) is 0 Å². The van der Waals surface area contributed by atoms with Crippen molar-refractivity contribution in [3.05, 3.63) is 29.8 Å². The lowest BCUT2D eigenvalue weighted by atomic mass is 9.96. The molecule has 2 heterocycles. The van der Waals surface area contributed by atoms with Gasteiger partial charge < -0.3 is 19.3 Å². The Morgan fingerprint density at radius 3 is 2.67 bits per heavy atom. The Kier molecular flexibility index (Phi) is 8.51. The van der Waals surface area contributed by atoms with Crippen molar-refractivity contribution in [2.75, 3.05) is 66.1 Å². The smallest absolute Gasteiger partial charge is 0.227 e. The van der Waals surface area contributed by atoms with Gasteiger partial charge >= 0.3 is 0 Å². The second kappa shape index (κ2) is 11.3.